The van der Waals surface area contributed by atoms with Crippen molar-refractivity contribution in [3.63, 3.8) is 0 Å². The second kappa shape index (κ2) is 14.1. The van der Waals surface area contributed by atoms with Crippen LogP contribution >= 0.6 is 11.6 Å². The molecule has 10 nitrogen and oxygen atoms in total. The largest absolute Gasteiger partial charge is 0.488 e. The van der Waals surface area contributed by atoms with Crippen LogP contribution in [0.3, 0.4) is 0 Å². The Hall–Kier alpha value is -4.82. The molecule has 1 unspecified atom stereocenters. The van der Waals surface area contributed by atoms with Crippen molar-refractivity contribution in [1.29, 1.82) is 5.26 Å². The molecule has 3 aromatic carbocycles. The van der Waals surface area contributed by atoms with Crippen LogP contribution in [0, 0.1) is 18.3 Å². The monoisotopic (exact) mass is 615 g/mol. The number of carboxylic acid groups (broad SMARTS) is 1. The van der Waals surface area contributed by atoms with Gasteiger partial charge in [-0.25, -0.2) is 0 Å². The number of benzene rings is 3. The Morgan fingerprint density at radius 2 is 1.84 bits per heavy atom. The fourth-order valence-corrected chi connectivity index (χ4v) is 4.98. The summed E-state index contributed by atoms with van der Waals surface area (Å²) in [5.41, 5.74) is 5.04. The van der Waals surface area contributed by atoms with Crippen molar-refractivity contribution in [1.82, 2.24) is 10.3 Å². The van der Waals surface area contributed by atoms with Crippen LogP contribution in [0.5, 0.6) is 23.0 Å². The number of aryl methyl sites for hydroxylation is 1. The average molecular weight is 616 g/mol. The Bertz CT molecular complexity index is 1710. The predicted molar refractivity (Wildman–Crippen MR) is 162 cm³/mol. The van der Waals surface area contributed by atoms with Crippen molar-refractivity contribution >= 4 is 17.6 Å². The van der Waals surface area contributed by atoms with Crippen molar-refractivity contribution in [3.8, 4) is 40.2 Å². The van der Waals surface area contributed by atoms with Gasteiger partial charge in [-0.05, 0) is 42.3 Å². The van der Waals surface area contributed by atoms with Crippen LogP contribution in [-0.4, -0.2) is 47.0 Å². The third kappa shape index (κ3) is 7.21. The summed E-state index contributed by atoms with van der Waals surface area (Å²) in [7, 11) is 0. The summed E-state index contributed by atoms with van der Waals surface area (Å²) in [4.78, 5) is 15.5. The topological polar surface area (TPSA) is 143 Å². The molecule has 0 aliphatic carbocycles. The zero-order valence-electron chi connectivity index (χ0n) is 23.9. The third-order valence-corrected chi connectivity index (χ3v) is 7.46. The van der Waals surface area contributed by atoms with E-state index in [1.807, 2.05) is 49.4 Å². The van der Waals surface area contributed by atoms with E-state index in [9.17, 15) is 20.3 Å². The Kier molecular flexibility index (Phi) is 9.82. The molecule has 0 saturated carbocycles. The number of aliphatic hydroxyl groups is 1. The van der Waals surface area contributed by atoms with Gasteiger partial charge in [0.25, 0.3) is 0 Å². The summed E-state index contributed by atoms with van der Waals surface area (Å²) < 4.78 is 23.7. The lowest BCUT2D eigenvalue weighted by atomic mass is 10.0. The van der Waals surface area contributed by atoms with Crippen LogP contribution in [0.4, 0.5) is 0 Å². The minimum Gasteiger partial charge on any atom is -0.488 e. The molecule has 1 aromatic heterocycles. The summed E-state index contributed by atoms with van der Waals surface area (Å²) in [6.45, 7) is 2.72. The number of ether oxygens (including phenoxy) is 4. The number of hydrogen-bond donors (Lipinski definition) is 3. The van der Waals surface area contributed by atoms with Gasteiger partial charge in [-0.1, -0.05) is 35.9 Å². The Labute approximate surface area is 259 Å². The minimum atomic E-state index is -1.17. The molecule has 3 N–H and O–H groups in total. The fraction of sp³-hybridized carbons (Fsp3) is 0.242. The summed E-state index contributed by atoms with van der Waals surface area (Å²) in [6, 6.07) is 17.6. The van der Waals surface area contributed by atoms with Crippen LogP contribution in [-0.2, 0) is 24.6 Å². The smallest absolute Gasteiger partial charge is 0.323 e. The highest BCUT2D eigenvalue weighted by atomic mass is 35.5. The maximum atomic E-state index is 11.4. The van der Waals surface area contributed by atoms with Crippen molar-refractivity contribution in [2.24, 2.45) is 0 Å². The van der Waals surface area contributed by atoms with Gasteiger partial charge < -0.3 is 29.2 Å². The molecule has 0 amide bonds. The predicted octanol–water partition coefficient (Wildman–Crippen LogP) is 5.05. The number of aromatic nitrogens is 1. The van der Waals surface area contributed by atoms with Crippen molar-refractivity contribution < 1.29 is 34.0 Å². The van der Waals surface area contributed by atoms with Gasteiger partial charge in [0.1, 0.15) is 50.0 Å². The average Bonchev–Trinajstić information content (AvgIpc) is 3.04. The molecule has 5 rings (SSSR count). The van der Waals surface area contributed by atoms with Crippen LogP contribution in [0.1, 0.15) is 27.8 Å². The lowest BCUT2D eigenvalue weighted by Crippen LogP contribution is -2.39. The molecule has 44 heavy (non-hydrogen) atoms. The third-order valence-electron chi connectivity index (χ3n) is 7.01. The van der Waals surface area contributed by atoms with Crippen molar-refractivity contribution in [2.45, 2.75) is 32.7 Å². The number of nitriles is 1. The second-order valence-electron chi connectivity index (χ2n) is 10.1. The van der Waals surface area contributed by atoms with E-state index >= 15 is 0 Å². The number of nitrogens with one attached hydrogen (secondary N) is 1. The number of aliphatic hydroxyl groups excluding tert-OH is 1. The number of pyridine rings is 1. The normalized spacial score (nSPS) is 12.7. The Morgan fingerprint density at radius 1 is 1.05 bits per heavy atom. The Balaban J connectivity index is 1.37. The number of carboxylic acids is 1. The molecule has 0 fully saturated rings. The lowest BCUT2D eigenvalue weighted by Gasteiger charge is -2.20. The highest BCUT2D eigenvalue weighted by Gasteiger charge is 2.19. The summed E-state index contributed by atoms with van der Waals surface area (Å²) in [5.74, 6) is 1.20. The van der Waals surface area contributed by atoms with Crippen LogP contribution in [0.2, 0.25) is 5.02 Å². The molecule has 4 aromatic rings. The first-order chi connectivity index (χ1) is 21.4. The van der Waals surface area contributed by atoms with Crippen molar-refractivity contribution in [2.75, 3.05) is 19.8 Å². The van der Waals surface area contributed by atoms with Gasteiger partial charge in [-0.2, -0.15) is 5.26 Å². The quantitative estimate of drug-likeness (QED) is 0.198. The highest BCUT2D eigenvalue weighted by Crippen LogP contribution is 2.38. The second-order valence-corrected chi connectivity index (χ2v) is 10.5. The van der Waals surface area contributed by atoms with Gasteiger partial charge in [0, 0.05) is 47.3 Å². The molecule has 0 bridgehead atoms. The highest BCUT2D eigenvalue weighted by molar-refractivity contribution is 6.34. The number of hydrogen-bond acceptors (Lipinski definition) is 9. The maximum absolute atomic E-state index is 11.4. The molecular formula is C33H30ClN3O7. The van der Waals surface area contributed by atoms with E-state index in [1.54, 1.807) is 18.3 Å². The van der Waals surface area contributed by atoms with Crippen molar-refractivity contribution in [3.05, 3.63) is 99.8 Å². The molecule has 1 atom stereocenters. The van der Waals surface area contributed by atoms with Gasteiger partial charge >= 0.3 is 5.97 Å². The first-order valence-corrected chi connectivity index (χ1v) is 14.2. The minimum absolute atomic E-state index is 0.115. The lowest BCUT2D eigenvalue weighted by molar-refractivity contribution is -0.140. The van der Waals surface area contributed by atoms with Crippen LogP contribution in [0.15, 0.2) is 67.0 Å². The number of rotatable bonds is 12. The summed E-state index contributed by atoms with van der Waals surface area (Å²) in [5, 5.41) is 31.4. The van der Waals surface area contributed by atoms with E-state index in [1.165, 1.54) is 6.20 Å². The first kappa shape index (κ1) is 30.6. The van der Waals surface area contributed by atoms with Gasteiger partial charge in [-0.15, -0.1) is 0 Å². The van der Waals surface area contributed by atoms with Crippen LogP contribution < -0.4 is 24.3 Å². The molecule has 1 aliphatic heterocycles. The molecule has 2 heterocycles. The maximum Gasteiger partial charge on any atom is 0.323 e. The SMILES string of the molecule is Cc1cc(CNC(CO)C(=O)O)c(OCc2cncc(C#N)c2)cc1OCc1cccc(-c2ccc3c(c2)OCCO3)c1Cl. The number of fused-ring (bicyclic) bond motifs is 1. The fourth-order valence-electron chi connectivity index (χ4n) is 4.69. The summed E-state index contributed by atoms with van der Waals surface area (Å²) in [6.07, 6.45) is 3.07. The summed E-state index contributed by atoms with van der Waals surface area (Å²) >= 11 is 6.86. The van der Waals surface area contributed by atoms with Gasteiger partial charge in [0.05, 0.1) is 17.2 Å². The van der Waals surface area contributed by atoms with Gasteiger partial charge in [-0.3, -0.25) is 15.1 Å². The van der Waals surface area contributed by atoms with E-state index in [0.29, 0.717) is 57.9 Å². The standard InChI is InChI=1S/C33H30ClN3O7/c1-20-9-25(16-37-27(17-38)33(39)40)30(43-18-22-10-21(13-35)14-36-15-22)12-29(20)44-19-24-3-2-4-26(32(24)34)23-5-6-28-31(11-23)42-8-7-41-28/h2-6,9-12,14-15,27,37-38H,7-8,16-19H2,1H3,(H,39,40). The van der Waals surface area contributed by atoms with E-state index in [-0.39, 0.29) is 19.8 Å². The van der Waals surface area contributed by atoms with E-state index in [0.717, 1.165) is 22.3 Å². The number of aliphatic carboxylic acids is 1. The molecule has 0 radical (unpaired) electrons. The number of nitrogens with zero attached hydrogens (tertiary/aromatic N) is 2. The van der Waals surface area contributed by atoms with Gasteiger partial charge in [0.2, 0.25) is 0 Å². The van der Waals surface area contributed by atoms with E-state index in [2.05, 4.69) is 16.4 Å². The molecule has 0 saturated heterocycles. The molecule has 1 aliphatic rings. The van der Waals surface area contributed by atoms with E-state index in [4.69, 9.17) is 30.5 Å². The molecule has 11 heteroatoms. The van der Waals surface area contributed by atoms with E-state index < -0.39 is 18.6 Å². The Morgan fingerprint density at radius 3 is 2.61 bits per heavy atom. The van der Waals surface area contributed by atoms with Crippen LogP contribution in [0.25, 0.3) is 11.1 Å². The zero-order valence-corrected chi connectivity index (χ0v) is 24.6. The molecule has 226 valence electrons. The number of halogens is 1. The molecule has 0 spiro atoms. The number of carbonyl (C=O) groups is 1. The van der Waals surface area contributed by atoms with Gasteiger partial charge in [0.15, 0.2) is 11.5 Å². The first-order valence-electron chi connectivity index (χ1n) is 13.8. The molecular weight excluding hydrogens is 586 g/mol. The zero-order chi connectivity index (χ0) is 31.1.